The van der Waals surface area contributed by atoms with Gasteiger partial charge in [0.2, 0.25) is 0 Å². The van der Waals surface area contributed by atoms with Gasteiger partial charge in [-0.25, -0.2) is 0 Å². The van der Waals surface area contributed by atoms with E-state index in [2.05, 4.69) is 56.9 Å². The molecule has 0 radical (unpaired) electrons. The number of nitrogens with zero attached hydrogens (tertiary/aromatic N) is 2. The van der Waals surface area contributed by atoms with E-state index in [0.29, 0.717) is 0 Å². The Kier molecular flexibility index (Phi) is 4.39. The van der Waals surface area contributed by atoms with Crippen molar-refractivity contribution in [3.8, 4) is 32.7 Å². The second kappa shape index (κ2) is 6.55. The molecule has 124 valence electrons. The maximum absolute atomic E-state index is 4.80. The van der Waals surface area contributed by atoms with Crippen LogP contribution in [-0.4, -0.2) is 22.9 Å². The van der Waals surface area contributed by atoms with Crippen LogP contribution in [0.2, 0.25) is 0 Å². The molecule has 3 aromatic heterocycles. The number of hydrogen-bond donors (Lipinski definition) is 0. The zero-order chi connectivity index (χ0) is 17.6. The SMILES string of the molecule is CC#Cc1ccc(-c2c(C)c(C)c(-c3ccc(C)s3)c3n[se]nc23)s1. The van der Waals surface area contributed by atoms with E-state index >= 15 is 0 Å². The molecule has 0 spiro atoms. The van der Waals surface area contributed by atoms with Gasteiger partial charge in [-0.05, 0) is 0 Å². The van der Waals surface area contributed by atoms with Gasteiger partial charge in [-0.3, -0.25) is 0 Å². The molecule has 0 fully saturated rings. The Morgan fingerprint density at radius 2 is 1.44 bits per heavy atom. The molecule has 4 rings (SSSR count). The fourth-order valence-electron chi connectivity index (χ4n) is 3.08. The van der Waals surface area contributed by atoms with Gasteiger partial charge in [0.15, 0.2) is 0 Å². The van der Waals surface area contributed by atoms with Crippen LogP contribution in [-0.2, 0) is 0 Å². The predicted molar refractivity (Wildman–Crippen MR) is 110 cm³/mol. The van der Waals surface area contributed by atoms with Gasteiger partial charge in [-0.15, -0.1) is 0 Å². The molecule has 0 aliphatic rings. The summed E-state index contributed by atoms with van der Waals surface area (Å²) in [5, 5.41) is 0. The summed E-state index contributed by atoms with van der Waals surface area (Å²) in [6, 6.07) is 8.66. The quantitative estimate of drug-likeness (QED) is 0.314. The fourth-order valence-corrected chi connectivity index (χ4v) is 6.24. The van der Waals surface area contributed by atoms with Gasteiger partial charge in [0.1, 0.15) is 0 Å². The molecule has 0 bridgehead atoms. The first-order valence-electron chi connectivity index (χ1n) is 7.95. The van der Waals surface area contributed by atoms with Gasteiger partial charge in [-0.1, -0.05) is 0 Å². The van der Waals surface area contributed by atoms with Crippen LogP contribution in [0.5, 0.6) is 0 Å². The molecule has 5 heteroatoms. The summed E-state index contributed by atoms with van der Waals surface area (Å²) < 4.78 is 9.59. The summed E-state index contributed by atoms with van der Waals surface area (Å²) in [4.78, 5) is 4.95. The molecule has 0 amide bonds. The first kappa shape index (κ1) is 16.8. The zero-order valence-electron chi connectivity index (χ0n) is 14.4. The molecule has 1 aromatic carbocycles. The van der Waals surface area contributed by atoms with Crippen molar-refractivity contribution >= 4 is 48.7 Å². The van der Waals surface area contributed by atoms with Crippen LogP contribution < -0.4 is 0 Å². The number of fused-ring (bicyclic) bond motifs is 1. The number of hydrogen-bond acceptors (Lipinski definition) is 4. The first-order chi connectivity index (χ1) is 12.1. The van der Waals surface area contributed by atoms with Crippen molar-refractivity contribution in [3.63, 3.8) is 0 Å². The van der Waals surface area contributed by atoms with Crippen molar-refractivity contribution in [2.45, 2.75) is 27.7 Å². The topological polar surface area (TPSA) is 25.8 Å². The maximum atomic E-state index is 4.80. The molecule has 0 atom stereocenters. The van der Waals surface area contributed by atoms with E-state index in [1.54, 1.807) is 11.3 Å². The average Bonchev–Trinajstić information content (AvgIpc) is 3.31. The summed E-state index contributed by atoms with van der Waals surface area (Å²) in [5.41, 5.74) is 7.26. The van der Waals surface area contributed by atoms with Crippen molar-refractivity contribution < 1.29 is 0 Å². The van der Waals surface area contributed by atoms with Crippen molar-refractivity contribution in [2.75, 3.05) is 0 Å². The minimum atomic E-state index is -0.0539. The van der Waals surface area contributed by atoms with E-state index in [0.717, 1.165) is 15.9 Å². The number of aromatic nitrogens is 2. The molecule has 0 unspecified atom stereocenters. The summed E-state index contributed by atoms with van der Waals surface area (Å²) in [6.07, 6.45) is 0. The molecule has 3 heterocycles. The Morgan fingerprint density at radius 1 is 0.840 bits per heavy atom. The van der Waals surface area contributed by atoms with Crippen LogP contribution in [0, 0.1) is 32.6 Å². The van der Waals surface area contributed by atoms with Crippen LogP contribution in [0.25, 0.3) is 31.9 Å². The van der Waals surface area contributed by atoms with Crippen molar-refractivity contribution in [1.82, 2.24) is 7.96 Å². The summed E-state index contributed by atoms with van der Waals surface area (Å²) in [6.45, 7) is 8.45. The van der Waals surface area contributed by atoms with Gasteiger partial charge in [0.25, 0.3) is 0 Å². The van der Waals surface area contributed by atoms with Gasteiger partial charge in [0.05, 0.1) is 0 Å². The van der Waals surface area contributed by atoms with E-state index < -0.39 is 0 Å². The third-order valence-corrected chi connectivity index (χ3v) is 7.51. The molecule has 25 heavy (non-hydrogen) atoms. The van der Waals surface area contributed by atoms with Crippen LogP contribution in [0.3, 0.4) is 0 Å². The van der Waals surface area contributed by atoms with Crippen molar-refractivity contribution in [2.24, 2.45) is 0 Å². The molecule has 2 nitrogen and oxygen atoms in total. The van der Waals surface area contributed by atoms with E-state index in [1.807, 2.05) is 18.3 Å². The third kappa shape index (κ3) is 2.80. The Hall–Kier alpha value is -1.70. The van der Waals surface area contributed by atoms with Crippen molar-refractivity contribution in [1.29, 1.82) is 0 Å². The number of benzene rings is 1. The second-order valence-electron chi connectivity index (χ2n) is 5.91. The van der Waals surface area contributed by atoms with Gasteiger partial charge in [-0.2, -0.15) is 0 Å². The average molecular weight is 427 g/mol. The Morgan fingerprint density at radius 3 is 2.00 bits per heavy atom. The van der Waals surface area contributed by atoms with E-state index in [4.69, 9.17) is 7.96 Å². The van der Waals surface area contributed by atoms with Gasteiger partial charge in [0, 0.05) is 0 Å². The normalized spacial score (nSPS) is 10.9. The predicted octanol–water partition coefficient (Wildman–Crippen LogP) is 5.44. The molecule has 0 saturated heterocycles. The van der Waals surface area contributed by atoms with Crippen LogP contribution in [0.15, 0.2) is 24.3 Å². The minimum absolute atomic E-state index is 0.0539. The second-order valence-corrected chi connectivity index (χ2v) is 9.39. The number of rotatable bonds is 2. The summed E-state index contributed by atoms with van der Waals surface area (Å²) in [5.74, 6) is 6.14. The Balaban J connectivity index is 2.02. The van der Waals surface area contributed by atoms with Gasteiger partial charge < -0.3 is 0 Å². The van der Waals surface area contributed by atoms with Gasteiger partial charge >= 0.3 is 162 Å². The molecular formula is C20H16N2S2Se. The summed E-state index contributed by atoms with van der Waals surface area (Å²) in [7, 11) is 0. The molecular weight excluding hydrogens is 411 g/mol. The van der Waals surface area contributed by atoms with Crippen molar-refractivity contribution in [3.05, 3.63) is 45.1 Å². The first-order valence-corrected chi connectivity index (χ1v) is 11.1. The van der Waals surface area contributed by atoms with E-state index in [1.165, 1.54) is 36.9 Å². The Bertz CT molecular complexity index is 1150. The Labute approximate surface area is 161 Å². The zero-order valence-corrected chi connectivity index (χ0v) is 17.8. The molecule has 0 aliphatic carbocycles. The van der Waals surface area contributed by atoms with Crippen LogP contribution in [0.4, 0.5) is 0 Å². The fraction of sp³-hybridized carbons (Fsp3) is 0.200. The van der Waals surface area contributed by atoms with Crippen LogP contribution >= 0.6 is 22.7 Å². The molecule has 0 N–H and O–H groups in total. The number of aryl methyl sites for hydroxylation is 1. The molecule has 0 aliphatic heterocycles. The van der Waals surface area contributed by atoms with E-state index in [9.17, 15) is 0 Å². The standard InChI is InChI=1S/C20H16N2S2Se/c1-5-6-14-8-10-16(24-14)18-13(4)12(3)17(15-9-7-11(2)23-15)19-20(18)22-25-21-19/h7-10H,1-4H3. The third-order valence-electron chi connectivity index (χ3n) is 4.36. The molecule has 0 saturated carbocycles. The van der Waals surface area contributed by atoms with E-state index in [-0.39, 0.29) is 15.0 Å². The molecule has 4 aromatic rings. The summed E-state index contributed by atoms with van der Waals surface area (Å²) >= 11 is 3.52. The number of thiophene rings is 2. The van der Waals surface area contributed by atoms with Crippen LogP contribution in [0.1, 0.15) is 27.8 Å². The monoisotopic (exact) mass is 428 g/mol.